The van der Waals surface area contributed by atoms with E-state index in [1.165, 1.54) is 51.4 Å². The van der Waals surface area contributed by atoms with Crippen molar-refractivity contribution in [2.75, 3.05) is 26.4 Å². The van der Waals surface area contributed by atoms with Gasteiger partial charge in [-0.05, 0) is 89.9 Å². The highest BCUT2D eigenvalue weighted by atomic mass is 16.6. The Hall–Kier alpha value is -3.26. The van der Waals surface area contributed by atoms with E-state index < -0.39 is 24.1 Å². The summed E-state index contributed by atoms with van der Waals surface area (Å²) in [5.41, 5.74) is 0. The van der Waals surface area contributed by atoms with E-state index in [2.05, 4.69) is 111 Å². The molecule has 0 aromatic rings. The van der Waals surface area contributed by atoms with Gasteiger partial charge in [0.25, 0.3) is 0 Å². The summed E-state index contributed by atoms with van der Waals surface area (Å²) in [5, 5.41) is 19.2. The minimum atomic E-state index is -0.820. The average molecular weight is 739 g/mol. The van der Waals surface area contributed by atoms with Crippen LogP contribution in [0.3, 0.4) is 0 Å². The largest absolute Gasteiger partial charge is 0.457 e. The highest BCUT2D eigenvalue weighted by Crippen LogP contribution is 2.07. The number of aliphatic hydroxyl groups is 2. The summed E-state index contributed by atoms with van der Waals surface area (Å²) in [6, 6.07) is 0. The molecule has 0 heterocycles. The van der Waals surface area contributed by atoms with E-state index in [1.807, 2.05) is 0 Å². The molecule has 0 bridgehead atoms. The van der Waals surface area contributed by atoms with Gasteiger partial charge in [0.1, 0.15) is 12.2 Å². The van der Waals surface area contributed by atoms with Crippen LogP contribution in [0.25, 0.3) is 0 Å². The number of carbonyl (C=O) groups excluding carboxylic acids is 2. The molecule has 0 amide bonds. The zero-order chi connectivity index (χ0) is 38.7. The van der Waals surface area contributed by atoms with Gasteiger partial charge in [0.05, 0.1) is 26.4 Å². The molecule has 0 aliphatic heterocycles. The average Bonchev–Trinajstić information content (AvgIpc) is 3.16. The molecular weight excluding hydrogens is 664 g/mol. The molecule has 7 heteroatoms. The fourth-order valence-corrected chi connectivity index (χ4v) is 4.92. The number of rotatable bonds is 36. The molecule has 2 unspecified atom stereocenters. The second-order valence-electron chi connectivity index (χ2n) is 13.1. The molecule has 300 valence electrons. The van der Waals surface area contributed by atoms with E-state index in [1.54, 1.807) is 0 Å². The SMILES string of the molecule is CCCCC/C=C\C/C=C\C/C=C\C/C=C\CCCC(=O)OC(CO)COCC(CO)OC(=O)CCC/C=C\C/C=C\C/C=C\C/C=C\CCCCC. The van der Waals surface area contributed by atoms with Crippen molar-refractivity contribution in [2.24, 2.45) is 0 Å². The summed E-state index contributed by atoms with van der Waals surface area (Å²) in [6.45, 7) is 3.57. The highest BCUT2D eigenvalue weighted by molar-refractivity contribution is 5.69. The Morgan fingerprint density at radius 3 is 1.00 bits per heavy atom. The maximum atomic E-state index is 12.2. The molecule has 0 aromatic heterocycles. The van der Waals surface area contributed by atoms with Crippen LogP contribution in [0.5, 0.6) is 0 Å². The van der Waals surface area contributed by atoms with E-state index in [0.717, 1.165) is 51.4 Å². The van der Waals surface area contributed by atoms with Crippen molar-refractivity contribution in [2.45, 2.75) is 154 Å². The molecule has 53 heavy (non-hydrogen) atoms. The molecule has 0 spiro atoms. The minimum absolute atomic E-state index is 0.0560. The minimum Gasteiger partial charge on any atom is -0.457 e. The van der Waals surface area contributed by atoms with Gasteiger partial charge in [-0.1, -0.05) is 137 Å². The van der Waals surface area contributed by atoms with Crippen molar-refractivity contribution in [3.8, 4) is 0 Å². The van der Waals surface area contributed by atoms with Crippen LogP contribution in [0.4, 0.5) is 0 Å². The lowest BCUT2D eigenvalue weighted by atomic mass is 10.2. The van der Waals surface area contributed by atoms with E-state index in [4.69, 9.17) is 14.2 Å². The maximum Gasteiger partial charge on any atom is 0.306 e. The smallest absolute Gasteiger partial charge is 0.306 e. The molecule has 0 radical (unpaired) electrons. The van der Waals surface area contributed by atoms with Crippen molar-refractivity contribution in [1.82, 2.24) is 0 Å². The van der Waals surface area contributed by atoms with Crippen LogP contribution < -0.4 is 0 Å². The Kier molecular flexibility index (Phi) is 38.9. The predicted octanol–water partition coefficient (Wildman–Crippen LogP) is 11.1. The van der Waals surface area contributed by atoms with E-state index in [9.17, 15) is 19.8 Å². The van der Waals surface area contributed by atoms with Crippen LogP contribution in [0.2, 0.25) is 0 Å². The van der Waals surface area contributed by atoms with Crippen LogP contribution >= 0.6 is 0 Å². The number of carbonyl (C=O) groups is 2. The van der Waals surface area contributed by atoms with Gasteiger partial charge in [-0.25, -0.2) is 0 Å². The normalized spacial score (nSPS) is 13.8. The van der Waals surface area contributed by atoms with Crippen LogP contribution in [-0.2, 0) is 23.8 Å². The zero-order valence-electron chi connectivity index (χ0n) is 33.3. The topological polar surface area (TPSA) is 102 Å². The molecule has 7 nitrogen and oxygen atoms in total. The van der Waals surface area contributed by atoms with Crippen molar-refractivity contribution in [3.63, 3.8) is 0 Å². The zero-order valence-corrected chi connectivity index (χ0v) is 33.3. The van der Waals surface area contributed by atoms with Gasteiger partial charge in [-0.3, -0.25) is 9.59 Å². The van der Waals surface area contributed by atoms with Crippen molar-refractivity contribution in [3.05, 3.63) is 97.2 Å². The van der Waals surface area contributed by atoms with Crippen molar-refractivity contribution in [1.29, 1.82) is 0 Å². The lowest BCUT2D eigenvalue weighted by Crippen LogP contribution is -2.32. The fraction of sp³-hybridized carbons (Fsp3) is 0.609. The highest BCUT2D eigenvalue weighted by Gasteiger charge is 2.17. The summed E-state index contributed by atoms with van der Waals surface area (Å²) in [4.78, 5) is 24.4. The number of esters is 2. The maximum absolute atomic E-state index is 12.2. The van der Waals surface area contributed by atoms with Crippen LogP contribution in [0, 0.1) is 0 Å². The first kappa shape index (κ1) is 49.7. The quantitative estimate of drug-likeness (QED) is 0.0375. The standard InChI is InChI=1S/C46H74O7/c1-3-5-7-9-11-13-15-17-19-21-23-25-27-29-31-33-35-37-45(49)52-43(39-47)41-51-42-44(40-48)53-46(50)38-36-34-32-30-28-26-24-22-20-18-16-14-12-10-8-6-4-2/h11-14,17-20,23-26,29-32,43-44,47-48H,3-10,15-16,21-22,27-28,33-42H2,1-2H3/b13-11-,14-12-,19-17-,20-18-,25-23-,26-24-,31-29-,32-30-. The summed E-state index contributed by atoms with van der Waals surface area (Å²) >= 11 is 0. The van der Waals surface area contributed by atoms with Gasteiger partial charge in [-0.2, -0.15) is 0 Å². The predicted molar refractivity (Wildman–Crippen MR) is 222 cm³/mol. The first-order valence-corrected chi connectivity index (χ1v) is 20.5. The van der Waals surface area contributed by atoms with Crippen molar-refractivity contribution >= 4 is 11.9 Å². The van der Waals surface area contributed by atoms with Gasteiger partial charge in [0, 0.05) is 12.8 Å². The summed E-state index contributed by atoms with van der Waals surface area (Å²) in [5.74, 6) is -0.800. The molecule has 0 aliphatic rings. The van der Waals surface area contributed by atoms with Gasteiger partial charge in [0.2, 0.25) is 0 Å². The van der Waals surface area contributed by atoms with Crippen LogP contribution in [-0.4, -0.2) is 60.8 Å². The number of allylic oxidation sites excluding steroid dienone is 16. The third-order valence-corrected chi connectivity index (χ3v) is 8.03. The van der Waals surface area contributed by atoms with Gasteiger partial charge in [-0.15, -0.1) is 0 Å². The molecular formula is C46H74O7. The summed E-state index contributed by atoms with van der Waals surface area (Å²) in [6.07, 6.45) is 52.0. The number of ether oxygens (including phenoxy) is 3. The number of hydrogen-bond acceptors (Lipinski definition) is 7. The summed E-state index contributed by atoms with van der Waals surface area (Å²) < 4.78 is 16.1. The second-order valence-corrected chi connectivity index (χ2v) is 13.1. The van der Waals surface area contributed by atoms with Gasteiger partial charge >= 0.3 is 11.9 Å². The second kappa shape index (κ2) is 41.5. The molecule has 0 aliphatic carbocycles. The molecule has 0 saturated heterocycles. The lowest BCUT2D eigenvalue weighted by molar-refractivity contribution is -0.160. The Morgan fingerprint density at radius 2 is 0.717 bits per heavy atom. The number of unbranched alkanes of at least 4 members (excludes halogenated alkanes) is 8. The molecule has 0 saturated carbocycles. The Balaban J connectivity index is 3.95. The number of hydrogen-bond donors (Lipinski definition) is 2. The van der Waals surface area contributed by atoms with Crippen LogP contribution in [0.1, 0.15) is 142 Å². The van der Waals surface area contributed by atoms with Gasteiger partial charge < -0.3 is 24.4 Å². The molecule has 0 aromatic carbocycles. The van der Waals surface area contributed by atoms with E-state index in [-0.39, 0.29) is 39.3 Å². The Morgan fingerprint density at radius 1 is 0.434 bits per heavy atom. The van der Waals surface area contributed by atoms with E-state index in [0.29, 0.717) is 12.8 Å². The first-order chi connectivity index (χ1) is 26.1. The first-order valence-electron chi connectivity index (χ1n) is 20.5. The monoisotopic (exact) mass is 739 g/mol. The number of aliphatic hydroxyl groups excluding tert-OH is 2. The van der Waals surface area contributed by atoms with Crippen molar-refractivity contribution < 1.29 is 34.0 Å². The third-order valence-electron chi connectivity index (χ3n) is 8.03. The van der Waals surface area contributed by atoms with Gasteiger partial charge in [0.15, 0.2) is 0 Å². The van der Waals surface area contributed by atoms with Crippen LogP contribution in [0.15, 0.2) is 97.2 Å². The Labute approximate surface area is 323 Å². The molecule has 0 rings (SSSR count). The fourth-order valence-electron chi connectivity index (χ4n) is 4.92. The lowest BCUT2D eigenvalue weighted by Gasteiger charge is -2.19. The molecule has 2 atom stereocenters. The van der Waals surface area contributed by atoms with E-state index >= 15 is 0 Å². The molecule has 0 fully saturated rings. The Bertz CT molecular complexity index is 995. The summed E-state index contributed by atoms with van der Waals surface area (Å²) in [7, 11) is 0. The third kappa shape index (κ3) is 38.3. The molecule has 2 N–H and O–H groups in total.